The molecule has 0 radical (unpaired) electrons. The van der Waals surface area contributed by atoms with E-state index in [9.17, 15) is 8.78 Å². The molecule has 0 saturated heterocycles. The highest BCUT2D eigenvalue weighted by Crippen LogP contribution is 2.29. The van der Waals surface area contributed by atoms with E-state index in [0.29, 0.717) is 18.1 Å². The lowest BCUT2D eigenvalue weighted by atomic mass is 9.83. The highest BCUT2D eigenvalue weighted by molar-refractivity contribution is 5.30. The molecule has 3 heteroatoms. The predicted molar refractivity (Wildman–Crippen MR) is 67.7 cm³/mol. The maximum Gasteiger partial charge on any atom is 0.200 e. The third-order valence-corrected chi connectivity index (χ3v) is 3.75. The molecule has 1 aromatic carbocycles. The van der Waals surface area contributed by atoms with Gasteiger partial charge in [-0.15, -0.1) is 0 Å². The Morgan fingerprint density at radius 2 is 1.83 bits per heavy atom. The van der Waals surface area contributed by atoms with Crippen LogP contribution >= 0.6 is 0 Å². The first-order chi connectivity index (χ1) is 8.56. The molecule has 18 heavy (non-hydrogen) atoms. The van der Waals surface area contributed by atoms with Crippen molar-refractivity contribution in [3.05, 3.63) is 29.3 Å². The normalized spacial score (nSPS) is 24.0. The summed E-state index contributed by atoms with van der Waals surface area (Å²) in [6.45, 7) is 4.48. The Hall–Kier alpha value is -1.12. The topological polar surface area (TPSA) is 9.23 Å². The van der Waals surface area contributed by atoms with Gasteiger partial charge < -0.3 is 4.74 Å². The van der Waals surface area contributed by atoms with E-state index in [2.05, 4.69) is 6.92 Å². The molecule has 0 unspecified atom stereocenters. The summed E-state index contributed by atoms with van der Waals surface area (Å²) in [7, 11) is 0. The fourth-order valence-corrected chi connectivity index (χ4v) is 2.50. The summed E-state index contributed by atoms with van der Waals surface area (Å²) < 4.78 is 32.2. The second-order valence-electron chi connectivity index (χ2n) is 5.50. The molecule has 1 nitrogen and oxygen atoms in total. The molecule has 1 aromatic rings. The molecule has 0 aliphatic heterocycles. The third-order valence-electron chi connectivity index (χ3n) is 3.75. The molecule has 1 aliphatic rings. The molecule has 0 bridgehead atoms. The average Bonchev–Trinajstić information content (AvgIpc) is 2.34. The third kappa shape index (κ3) is 3.21. The molecule has 100 valence electrons. The van der Waals surface area contributed by atoms with Gasteiger partial charge in [0.05, 0.1) is 6.61 Å². The molecule has 0 N–H and O–H groups in total. The van der Waals surface area contributed by atoms with Gasteiger partial charge in [-0.25, -0.2) is 4.39 Å². The summed E-state index contributed by atoms with van der Waals surface area (Å²) in [4.78, 5) is 0. The van der Waals surface area contributed by atoms with Crippen molar-refractivity contribution in [2.45, 2.75) is 39.5 Å². The quantitative estimate of drug-likeness (QED) is 0.772. The van der Waals surface area contributed by atoms with Crippen molar-refractivity contribution in [2.24, 2.45) is 11.8 Å². The number of ether oxygens (including phenoxy) is 1. The van der Waals surface area contributed by atoms with Crippen molar-refractivity contribution >= 4 is 0 Å². The Kier molecular flexibility index (Phi) is 4.20. The van der Waals surface area contributed by atoms with Crippen LogP contribution in [-0.4, -0.2) is 6.61 Å². The smallest absolute Gasteiger partial charge is 0.200 e. The summed E-state index contributed by atoms with van der Waals surface area (Å²) in [5.41, 5.74) is 0.682. The van der Waals surface area contributed by atoms with Gasteiger partial charge in [-0.3, -0.25) is 0 Å². The summed E-state index contributed by atoms with van der Waals surface area (Å²) in [5, 5.41) is 0. The molecular formula is C15H20F2O. The van der Waals surface area contributed by atoms with Crippen LogP contribution in [0.2, 0.25) is 0 Å². The van der Waals surface area contributed by atoms with Crippen molar-refractivity contribution < 1.29 is 13.5 Å². The van der Waals surface area contributed by atoms with Crippen LogP contribution in [0.5, 0.6) is 5.75 Å². The van der Waals surface area contributed by atoms with Crippen molar-refractivity contribution in [1.29, 1.82) is 0 Å². The maximum atomic E-state index is 13.5. The van der Waals surface area contributed by atoms with Crippen LogP contribution in [0.4, 0.5) is 8.78 Å². The van der Waals surface area contributed by atoms with Crippen LogP contribution in [0.25, 0.3) is 0 Å². The minimum atomic E-state index is -0.871. The molecule has 0 atom stereocenters. The van der Waals surface area contributed by atoms with Gasteiger partial charge in [0.25, 0.3) is 0 Å². The van der Waals surface area contributed by atoms with Crippen LogP contribution in [0, 0.1) is 30.4 Å². The summed E-state index contributed by atoms with van der Waals surface area (Å²) in [6.07, 6.45) is 4.66. The van der Waals surface area contributed by atoms with Crippen molar-refractivity contribution in [3.63, 3.8) is 0 Å². The van der Waals surface area contributed by atoms with Gasteiger partial charge in [-0.05, 0) is 49.3 Å². The van der Waals surface area contributed by atoms with Gasteiger partial charge in [-0.2, -0.15) is 4.39 Å². The van der Waals surface area contributed by atoms with E-state index in [1.807, 2.05) is 0 Å². The molecule has 2 rings (SSSR count). The fourth-order valence-electron chi connectivity index (χ4n) is 2.50. The Bertz CT molecular complexity index is 409. The summed E-state index contributed by atoms with van der Waals surface area (Å²) in [6, 6.07) is 2.74. The van der Waals surface area contributed by atoms with Gasteiger partial charge in [0.1, 0.15) is 0 Å². The first kappa shape index (κ1) is 13.3. The van der Waals surface area contributed by atoms with E-state index < -0.39 is 11.6 Å². The Labute approximate surface area is 107 Å². The van der Waals surface area contributed by atoms with E-state index in [-0.39, 0.29) is 5.75 Å². The standard InChI is InChI=1S/C15H20F2O/c1-10-3-5-12(6-4-10)9-18-14-8-11(2)7-13(16)15(14)17/h7-8,10,12H,3-6,9H2,1-2H3. The van der Waals surface area contributed by atoms with Crippen LogP contribution < -0.4 is 4.74 Å². The van der Waals surface area contributed by atoms with E-state index in [4.69, 9.17) is 4.74 Å². The van der Waals surface area contributed by atoms with Crippen LogP contribution in [0.15, 0.2) is 12.1 Å². The van der Waals surface area contributed by atoms with E-state index in [1.165, 1.54) is 18.9 Å². The van der Waals surface area contributed by atoms with E-state index >= 15 is 0 Å². The average molecular weight is 254 g/mol. The lowest BCUT2D eigenvalue weighted by Crippen LogP contribution is -2.19. The van der Waals surface area contributed by atoms with E-state index in [1.54, 1.807) is 13.0 Å². The largest absolute Gasteiger partial charge is 0.490 e. The summed E-state index contributed by atoms with van der Waals surface area (Å²) >= 11 is 0. The molecule has 0 spiro atoms. The number of hydrogen-bond acceptors (Lipinski definition) is 1. The highest BCUT2D eigenvalue weighted by atomic mass is 19.2. The second kappa shape index (κ2) is 5.68. The zero-order valence-electron chi connectivity index (χ0n) is 11.0. The fraction of sp³-hybridized carbons (Fsp3) is 0.600. The van der Waals surface area contributed by atoms with E-state index in [0.717, 1.165) is 18.8 Å². The van der Waals surface area contributed by atoms with Gasteiger partial charge in [0.15, 0.2) is 11.6 Å². The molecule has 1 saturated carbocycles. The first-order valence-corrected chi connectivity index (χ1v) is 6.64. The summed E-state index contributed by atoms with van der Waals surface area (Å²) in [5.74, 6) is -0.392. The number of aryl methyl sites for hydroxylation is 1. The predicted octanol–water partition coefficient (Wildman–Crippen LogP) is 4.48. The van der Waals surface area contributed by atoms with Crippen molar-refractivity contribution in [3.8, 4) is 5.75 Å². The SMILES string of the molecule is Cc1cc(F)c(F)c(OCC2CCC(C)CC2)c1. The zero-order chi connectivity index (χ0) is 13.1. The Balaban J connectivity index is 1.94. The number of halogens is 2. The Morgan fingerprint density at radius 1 is 1.17 bits per heavy atom. The Morgan fingerprint density at radius 3 is 2.50 bits per heavy atom. The molecular weight excluding hydrogens is 234 g/mol. The lowest BCUT2D eigenvalue weighted by molar-refractivity contribution is 0.182. The zero-order valence-corrected chi connectivity index (χ0v) is 11.0. The molecule has 0 amide bonds. The monoisotopic (exact) mass is 254 g/mol. The van der Waals surface area contributed by atoms with Gasteiger partial charge in [0, 0.05) is 0 Å². The van der Waals surface area contributed by atoms with Gasteiger partial charge in [0.2, 0.25) is 5.82 Å². The first-order valence-electron chi connectivity index (χ1n) is 6.64. The molecule has 0 heterocycles. The molecule has 1 fully saturated rings. The van der Waals surface area contributed by atoms with Crippen molar-refractivity contribution in [1.82, 2.24) is 0 Å². The second-order valence-corrected chi connectivity index (χ2v) is 5.50. The lowest BCUT2D eigenvalue weighted by Gasteiger charge is -2.26. The number of rotatable bonds is 3. The minimum Gasteiger partial charge on any atom is -0.490 e. The van der Waals surface area contributed by atoms with Crippen LogP contribution in [0.3, 0.4) is 0 Å². The van der Waals surface area contributed by atoms with Crippen LogP contribution in [0.1, 0.15) is 38.2 Å². The highest BCUT2D eigenvalue weighted by Gasteiger charge is 2.19. The minimum absolute atomic E-state index is 0.0473. The van der Waals surface area contributed by atoms with Gasteiger partial charge >= 0.3 is 0 Å². The van der Waals surface area contributed by atoms with Crippen molar-refractivity contribution in [2.75, 3.05) is 6.61 Å². The van der Waals surface area contributed by atoms with Gasteiger partial charge in [-0.1, -0.05) is 19.8 Å². The maximum absolute atomic E-state index is 13.5. The molecule has 0 aromatic heterocycles. The van der Waals surface area contributed by atoms with Crippen LogP contribution in [-0.2, 0) is 0 Å². The number of benzene rings is 1. The molecule has 1 aliphatic carbocycles. The number of hydrogen-bond donors (Lipinski definition) is 0.